The fraction of sp³-hybridized carbons (Fsp3) is 0.400. The Morgan fingerprint density at radius 2 is 2.00 bits per heavy atom. The van der Waals surface area contributed by atoms with Crippen molar-refractivity contribution in [1.29, 1.82) is 0 Å². The van der Waals surface area contributed by atoms with Crippen molar-refractivity contribution in [3.8, 4) is 5.88 Å². The molecule has 0 radical (unpaired) electrons. The number of aromatic nitrogens is 2. The maximum Gasteiger partial charge on any atom is 0.376 e. The van der Waals surface area contributed by atoms with Gasteiger partial charge in [-0.15, -0.1) is 0 Å². The third-order valence-electron chi connectivity index (χ3n) is 2.76. The molecule has 6 heteroatoms. The Morgan fingerprint density at radius 1 is 1.19 bits per heavy atom. The van der Waals surface area contributed by atoms with Gasteiger partial charge in [-0.1, -0.05) is 12.1 Å². The Morgan fingerprint density at radius 3 is 2.76 bits per heavy atom. The van der Waals surface area contributed by atoms with Crippen LogP contribution in [0.15, 0.2) is 24.3 Å². The lowest BCUT2D eigenvalue weighted by Crippen LogP contribution is -2.12. The Kier molecular flexibility index (Phi) is 5.45. The number of nitrogens with zero attached hydrogens (tertiary/aromatic N) is 2. The summed E-state index contributed by atoms with van der Waals surface area (Å²) < 4.78 is 15.6. The van der Waals surface area contributed by atoms with E-state index in [0.717, 1.165) is 11.8 Å². The van der Waals surface area contributed by atoms with Gasteiger partial charge in [0.2, 0.25) is 11.7 Å². The summed E-state index contributed by atoms with van der Waals surface area (Å²) in [5, 5.41) is 0.767. The molecule has 0 aliphatic carbocycles. The molecule has 2 rings (SSSR count). The number of ether oxygens (including phenoxy) is 3. The van der Waals surface area contributed by atoms with Crippen LogP contribution in [-0.2, 0) is 9.47 Å². The van der Waals surface area contributed by atoms with Gasteiger partial charge in [0.05, 0.1) is 24.1 Å². The fourth-order valence-electron chi connectivity index (χ4n) is 1.82. The Labute approximate surface area is 123 Å². The van der Waals surface area contributed by atoms with Crippen molar-refractivity contribution in [1.82, 2.24) is 9.97 Å². The number of fused-ring (bicyclic) bond motifs is 1. The molecule has 0 saturated carbocycles. The van der Waals surface area contributed by atoms with E-state index >= 15 is 0 Å². The van der Waals surface area contributed by atoms with E-state index < -0.39 is 5.97 Å². The lowest BCUT2D eigenvalue weighted by molar-refractivity contribution is 0.0511. The molecular weight excluding hydrogens is 272 g/mol. The van der Waals surface area contributed by atoms with Crippen LogP contribution in [0.5, 0.6) is 5.88 Å². The van der Waals surface area contributed by atoms with E-state index in [-0.39, 0.29) is 12.4 Å². The number of methoxy groups -OCH3 is 1. The molecular formula is C15H18N2O4. The highest BCUT2D eigenvalue weighted by Crippen LogP contribution is 2.22. The van der Waals surface area contributed by atoms with Crippen LogP contribution < -0.4 is 4.74 Å². The van der Waals surface area contributed by atoms with Gasteiger partial charge in [-0.3, -0.25) is 0 Å². The van der Waals surface area contributed by atoms with Crippen LogP contribution in [0.25, 0.3) is 10.9 Å². The van der Waals surface area contributed by atoms with Crippen LogP contribution in [-0.4, -0.2) is 42.9 Å². The topological polar surface area (TPSA) is 70.5 Å². The minimum Gasteiger partial charge on any atom is -0.477 e. The van der Waals surface area contributed by atoms with E-state index in [2.05, 4.69) is 9.97 Å². The molecule has 6 nitrogen and oxygen atoms in total. The lowest BCUT2D eigenvalue weighted by atomic mass is 10.2. The summed E-state index contributed by atoms with van der Waals surface area (Å²) in [5.41, 5.74) is 0.650. The molecule has 0 saturated heterocycles. The summed E-state index contributed by atoms with van der Waals surface area (Å²) in [6, 6.07) is 7.38. The zero-order chi connectivity index (χ0) is 15.1. The molecule has 0 amide bonds. The summed E-state index contributed by atoms with van der Waals surface area (Å²) in [6.07, 6.45) is 0.740. The van der Waals surface area contributed by atoms with Crippen molar-refractivity contribution < 1.29 is 19.0 Å². The summed E-state index contributed by atoms with van der Waals surface area (Å²) in [5.74, 6) is -0.151. The number of carbonyl (C=O) groups excluding carboxylic acids is 1. The van der Waals surface area contributed by atoms with Crippen LogP contribution >= 0.6 is 0 Å². The molecule has 0 atom stereocenters. The van der Waals surface area contributed by atoms with Gasteiger partial charge in [0.1, 0.15) is 0 Å². The SMILES string of the molecule is CCOC(=O)c1nc(OCCCOC)c2ccccc2n1. The smallest absolute Gasteiger partial charge is 0.376 e. The molecule has 0 fully saturated rings. The third-order valence-corrected chi connectivity index (χ3v) is 2.76. The van der Waals surface area contributed by atoms with Crippen LogP contribution in [0.2, 0.25) is 0 Å². The van der Waals surface area contributed by atoms with Crippen LogP contribution in [0.1, 0.15) is 24.0 Å². The highest BCUT2D eigenvalue weighted by Gasteiger charge is 2.15. The van der Waals surface area contributed by atoms with Gasteiger partial charge in [-0.25, -0.2) is 9.78 Å². The first-order valence-corrected chi connectivity index (χ1v) is 6.82. The first-order chi connectivity index (χ1) is 10.3. The Balaban J connectivity index is 2.29. The number of para-hydroxylation sites is 1. The van der Waals surface area contributed by atoms with Crippen molar-refractivity contribution >= 4 is 16.9 Å². The molecule has 1 aromatic heterocycles. The molecule has 0 bridgehead atoms. The van der Waals surface area contributed by atoms with Gasteiger partial charge in [0.15, 0.2) is 0 Å². The van der Waals surface area contributed by atoms with E-state index in [1.165, 1.54) is 0 Å². The third kappa shape index (κ3) is 3.88. The van der Waals surface area contributed by atoms with Gasteiger partial charge in [-0.2, -0.15) is 4.98 Å². The second-order valence-electron chi connectivity index (χ2n) is 4.28. The molecule has 0 aliphatic heterocycles. The predicted octanol–water partition coefficient (Wildman–Crippen LogP) is 2.22. The zero-order valence-electron chi connectivity index (χ0n) is 12.2. The largest absolute Gasteiger partial charge is 0.477 e. The summed E-state index contributed by atoms with van der Waals surface area (Å²) in [4.78, 5) is 20.2. The normalized spacial score (nSPS) is 10.6. The highest BCUT2D eigenvalue weighted by atomic mass is 16.5. The predicted molar refractivity (Wildman–Crippen MR) is 77.5 cm³/mol. The zero-order valence-corrected chi connectivity index (χ0v) is 12.2. The van der Waals surface area contributed by atoms with Crippen molar-refractivity contribution in [3.05, 3.63) is 30.1 Å². The quantitative estimate of drug-likeness (QED) is 0.575. The molecule has 0 aliphatic rings. The molecule has 21 heavy (non-hydrogen) atoms. The van der Waals surface area contributed by atoms with Crippen molar-refractivity contribution in [3.63, 3.8) is 0 Å². The maximum absolute atomic E-state index is 11.8. The van der Waals surface area contributed by atoms with Crippen LogP contribution in [0, 0.1) is 0 Å². The molecule has 1 heterocycles. The van der Waals surface area contributed by atoms with E-state index in [1.807, 2.05) is 24.3 Å². The van der Waals surface area contributed by atoms with E-state index in [0.29, 0.717) is 24.6 Å². The molecule has 0 spiro atoms. The lowest BCUT2D eigenvalue weighted by Gasteiger charge is -2.09. The second kappa shape index (κ2) is 7.54. The van der Waals surface area contributed by atoms with Gasteiger partial charge in [-0.05, 0) is 19.1 Å². The van der Waals surface area contributed by atoms with Gasteiger partial charge < -0.3 is 14.2 Å². The number of hydrogen-bond donors (Lipinski definition) is 0. The summed E-state index contributed by atoms with van der Waals surface area (Å²) in [6.45, 7) is 3.07. The van der Waals surface area contributed by atoms with Crippen molar-refractivity contribution in [2.75, 3.05) is 26.9 Å². The van der Waals surface area contributed by atoms with Gasteiger partial charge in [0, 0.05) is 20.1 Å². The van der Waals surface area contributed by atoms with Crippen LogP contribution in [0.4, 0.5) is 0 Å². The number of esters is 1. The maximum atomic E-state index is 11.8. The molecule has 112 valence electrons. The summed E-state index contributed by atoms with van der Waals surface area (Å²) in [7, 11) is 1.64. The first-order valence-electron chi connectivity index (χ1n) is 6.82. The highest BCUT2D eigenvalue weighted by molar-refractivity contribution is 5.90. The van der Waals surface area contributed by atoms with Gasteiger partial charge >= 0.3 is 5.97 Å². The van der Waals surface area contributed by atoms with E-state index in [4.69, 9.17) is 14.2 Å². The van der Waals surface area contributed by atoms with Gasteiger partial charge in [0.25, 0.3) is 0 Å². The standard InChI is InChI=1S/C15H18N2O4/c1-3-20-15(18)13-16-12-8-5-4-7-11(12)14(17-13)21-10-6-9-19-2/h4-5,7-8H,3,6,9-10H2,1-2H3. The average Bonchev–Trinajstić information content (AvgIpc) is 2.51. The Bertz CT molecular complexity index is 616. The van der Waals surface area contributed by atoms with Crippen molar-refractivity contribution in [2.24, 2.45) is 0 Å². The number of carbonyl (C=O) groups is 1. The minimum atomic E-state index is -0.551. The van der Waals surface area contributed by atoms with Crippen molar-refractivity contribution in [2.45, 2.75) is 13.3 Å². The monoisotopic (exact) mass is 290 g/mol. The van der Waals surface area contributed by atoms with E-state index in [1.54, 1.807) is 14.0 Å². The number of rotatable bonds is 7. The first kappa shape index (κ1) is 15.2. The fourth-order valence-corrected chi connectivity index (χ4v) is 1.82. The minimum absolute atomic E-state index is 0.0114. The van der Waals surface area contributed by atoms with Crippen LogP contribution in [0.3, 0.4) is 0 Å². The Hall–Kier alpha value is -2.21. The molecule has 2 aromatic rings. The number of benzene rings is 1. The second-order valence-corrected chi connectivity index (χ2v) is 4.28. The average molecular weight is 290 g/mol. The summed E-state index contributed by atoms with van der Waals surface area (Å²) >= 11 is 0. The number of hydrogen-bond acceptors (Lipinski definition) is 6. The van der Waals surface area contributed by atoms with E-state index in [9.17, 15) is 4.79 Å². The molecule has 0 N–H and O–H groups in total. The molecule has 0 unspecified atom stereocenters. The molecule has 1 aromatic carbocycles.